The highest BCUT2D eigenvalue weighted by Gasteiger charge is 2.06. The summed E-state index contributed by atoms with van der Waals surface area (Å²) in [6, 6.07) is 2.21. The van der Waals surface area contributed by atoms with Crippen molar-refractivity contribution in [2.24, 2.45) is 0 Å². The van der Waals surface area contributed by atoms with E-state index in [2.05, 4.69) is 49.8 Å². The van der Waals surface area contributed by atoms with Crippen LogP contribution in [0, 0.1) is 27.7 Å². The minimum absolute atomic E-state index is 0.990. The van der Waals surface area contributed by atoms with Gasteiger partial charge in [0.15, 0.2) is 0 Å². The van der Waals surface area contributed by atoms with Crippen LogP contribution in [0.4, 0.5) is 0 Å². The summed E-state index contributed by atoms with van der Waals surface area (Å²) in [4.78, 5) is 4.32. The van der Waals surface area contributed by atoms with E-state index >= 15 is 0 Å². The van der Waals surface area contributed by atoms with Crippen molar-refractivity contribution in [3.05, 3.63) is 42.8 Å². The number of rotatable bonds is 4. The first kappa shape index (κ1) is 17.4. The van der Waals surface area contributed by atoms with Crippen molar-refractivity contribution in [1.29, 1.82) is 0 Å². The van der Waals surface area contributed by atoms with Crippen molar-refractivity contribution >= 4 is 22.7 Å². The van der Waals surface area contributed by atoms with Crippen molar-refractivity contribution in [3.8, 4) is 0 Å². The maximum absolute atomic E-state index is 3.18. The number of thiophene rings is 2. The van der Waals surface area contributed by atoms with Crippen LogP contribution in [0.3, 0.4) is 0 Å². The first-order valence-electron chi connectivity index (χ1n) is 6.88. The summed E-state index contributed by atoms with van der Waals surface area (Å²) < 4.78 is 0. The Balaban J connectivity index is 0.000000204. The third-order valence-corrected chi connectivity index (χ3v) is 5.51. The molecule has 0 radical (unpaired) electrons. The Hall–Kier alpha value is -0.680. The van der Waals surface area contributed by atoms with Gasteiger partial charge < -0.3 is 10.6 Å². The second-order valence-corrected chi connectivity index (χ2v) is 7.38. The Bertz CT molecular complexity index is 527. The van der Waals surface area contributed by atoms with E-state index in [9.17, 15) is 0 Å². The average Bonchev–Trinajstić information content (AvgIpc) is 2.92. The van der Waals surface area contributed by atoms with Crippen LogP contribution in [-0.4, -0.2) is 14.1 Å². The Morgan fingerprint density at radius 1 is 0.950 bits per heavy atom. The summed E-state index contributed by atoms with van der Waals surface area (Å²) in [6.45, 7) is 10.7. The molecule has 2 aromatic rings. The van der Waals surface area contributed by atoms with Gasteiger partial charge in [-0.05, 0) is 69.9 Å². The van der Waals surface area contributed by atoms with Crippen LogP contribution < -0.4 is 10.6 Å². The highest BCUT2D eigenvalue weighted by molar-refractivity contribution is 7.12. The molecule has 0 fully saturated rings. The molecule has 2 nitrogen and oxygen atoms in total. The van der Waals surface area contributed by atoms with E-state index < -0.39 is 0 Å². The molecular formula is C16H26N2S2. The third kappa shape index (κ3) is 5.02. The Kier molecular flexibility index (Phi) is 7.45. The van der Waals surface area contributed by atoms with Gasteiger partial charge in [0.05, 0.1) is 0 Å². The van der Waals surface area contributed by atoms with Crippen LogP contribution in [0.5, 0.6) is 0 Å². The number of aryl methyl sites for hydroxylation is 2. The van der Waals surface area contributed by atoms with E-state index in [1.165, 1.54) is 31.3 Å². The quantitative estimate of drug-likeness (QED) is 0.885. The molecule has 2 heterocycles. The number of nitrogens with one attached hydrogen (secondary N) is 2. The largest absolute Gasteiger partial charge is 0.316 e. The van der Waals surface area contributed by atoms with Gasteiger partial charge in [-0.2, -0.15) is 0 Å². The van der Waals surface area contributed by atoms with E-state index in [0.717, 1.165) is 13.1 Å². The molecule has 0 aromatic carbocycles. The molecule has 0 unspecified atom stereocenters. The van der Waals surface area contributed by atoms with Crippen LogP contribution in [0.2, 0.25) is 0 Å². The first-order chi connectivity index (χ1) is 9.49. The highest BCUT2D eigenvalue weighted by Crippen LogP contribution is 2.25. The van der Waals surface area contributed by atoms with Crippen LogP contribution >= 0.6 is 22.7 Å². The lowest BCUT2D eigenvalue weighted by molar-refractivity contribution is 0.821. The topological polar surface area (TPSA) is 24.1 Å². The molecule has 0 aliphatic rings. The zero-order valence-corrected chi connectivity index (χ0v) is 15.0. The van der Waals surface area contributed by atoms with Crippen molar-refractivity contribution in [1.82, 2.24) is 10.6 Å². The Morgan fingerprint density at radius 2 is 1.60 bits per heavy atom. The predicted molar refractivity (Wildman–Crippen MR) is 93.1 cm³/mol. The maximum Gasteiger partial charge on any atom is 0.0299 e. The minimum atomic E-state index is 0.990. The summed E-state index contributed by atoms with van der Waals surface area (Å²) in [6.07, 6.45) is 0. The lowest BCUT2D eigenvalue weighted by Gasteiger charge is -1.96. The number of hydrogen-bond donors (Lipinski definition) is 2. The van der Waals surface area contributed by atoms with Crippen molar-refractivity contribution < 1.29 is 0 Å². The molecular weight excluding hydrogens is 284 g/mol. The van der Waals surface area contributed by atoms with Gasteiger partial charge in [-0.25, -0.2) is 0 Å². The molecule has 0 amide bonds. The molecule has 0 bridgehead atoms. The third-order valence-electron chi connectivity index (χ3n) is 3.29. The summed E-state index contributed by atoms with van der Waals surface area (Å²) in [5, 5.41) is 8.47. The average molecular weight is 311 g/mol. The van der Waals surface area contributed by atoms with Crippen molar-refractivity contribution in [2.75, 3.05) is 14.1 Å². The monoisotopic (exact) mass is 310 g/mol. The molecule has 2 aromatic heterocycles. The normalized spacial score (nSPS) is 10.3. The fourth-order valence-corrected chi connectivity index (χ4v) is 3.84. The van der Waals surface area contributed by atoms with Crippen LogP contribution in [-0.2, 0) is 13.1 Å². The molecule has 0 atom stereocenters. The summed E-state index contributed by atoms with van der Waals surface area (Å²) >= 11 is 3.71. The molecule has 2 rings (SSSR count). The van der Waals surface area contributed by atoms with E-state index in [1.54, 1.807) is 11.3 Å². The zero-order valence-electron chi connectivity index (χ0n) is 13.4. The fraction of sp³-hybridized carbons (Fsp3) is 0.500. The van der Waals surface area contributed by atoms with E-state index in [0.29, 0.717) is 0 Å². The van der Waals surface area contributed by atoms with Crippen molar-refractivity contribution in [3.63, 3.8) is 0 Å². The SMILES string of the molecule is CNCc1csc(C)c1.CNCc1sc(C)c(C)c1C. The van der Waals surface area contributed by atoms with Gasteiger partial charge in [0.25, 0.3) is 0 Å². The van der Waals surface area contributed by atoms with Crippen LogP contribution in [0.1, 0.15) is 31.3 Å². The maximum atomic E-state index is 3.18. The predicted octanol–water partition coefficient (Wildman–Crippen LogP) is 4.17. The summed E-state index contributed by atoms with van der Waals surface area (Å²) in [5.41, 5.74) is 4.31. The molecule has 0 spiro atoms. The lowest BCUT2D eigenvalue weighted by Crippen LogP contribution is -2.04. The molecule has 0 saturated heterocycles. The van der Waals surface area contributed by atoms with E-state index in [-0.39, 0.29) is 0 Å². The second-order valence-electron chi connectivity index (χ2n) is 4.96. The van der Waals surface area contributed by atoms with Gasteiger partial charge in [0, 0.05) is 27.7 Å². The smallest absolute Gasteiger partial charge is 0.0299 e. The van der Waals surface area contributed by atoms with Gasteiger partial charge >= 0.3 is 0 Å². The standard InChI is InChI=1S/C9H15NS.C7H11NS/c1-6-7(2)9(5-10-4)11-8(6)3;1-6-3-7(4-8-2)5-9-6/h10H,5H2,1-4H3;3,5,8H,4H2,1-2H3. The summed E-state index contributed by atoms with van der Waals surface area (Å²) in [7, 11) is 3.96. The zero-order chi connectivity index (χ0) is 15.1. The first-order valence-corrected chi connectivity index (χ1v) is 8.57. The van der Waals surface area contributed by atoms with E-state index in [1.807, 2.05) is 25.4 Å². The van der Waals surface area contributed by atoms with Gasteiger partial charge in [-0.1, -0.05) is 0 Å². The summed E-state index contributed by atoms with van der Waals surface area (Å²) in [5.74, 6) is 0. The Labute approximate surface area is 131 Å². The molecule has 112 valence electrons. The fourth-order valence-electron chi connectivity index (χ4n) is 1.93. The van der Waals surface area contributed by atoms with Crippen LogP contribution in [0.15, 0.2) is 11.4 Å². The molecule has 20 heavy (non-hydrogen) atoms. The highest BCUT2D eigenvalue weighted by atomic mass is 32.1. The van der Waals surface area contributed by atoms with Crippen LogP contribution in [0.25, 0.3) is 0 Å². The second kappa shape index (κ2) is 8.57. The Morgan fingerprint density at radius 3 is 2.00 bits per heavy atom. The van der Waals surface area contributed by atoms with Gasteiger partial charge in [-0.3, -0.25) is 0 Å². The number of hydrogen-bond acceptors (Lipinski definition) is 4. The van der Waals surface area contributed by atoms with Gasteiger partial charge in [-0.15, -0.1) is 22.7 Å². The van der Waals surface area contributed by atoms with Gasteiger partial charge in [0.2, 0.25) is 0 Å². The molecule has 0 saturated carbocycles. The molecule has 2 N–H and O–H groups in total. The van der Waals surface area contributed by atoms with Crippen molar-refractivity contribution in [2.45, 2.75) is 40.8 Å². The lowest BCUT2D eigenvalue weighted by atomic mass is 10.1. The van der Waals surface area contributed by atoms with Gasteiger partial charge in [0.1, 0.15) is 0 Å². The molecule has 4 heteroatoms. The minimum Gasteiger partial charge on any atom is -0.316 e. The molecule has 0 aliphatic carbocycles. The van der Waals surface area contributed by atoms with E-state index in [4.69, 9.17) is 0 Å². The molecule has 0 aliphatic heterocycles.